The molecular formula is C11H19ClN2O2. The number of hydrogen-bond acceptors (Lipinski definition) is 3. The summed E-state index contributed by atoms with van der Waals surface area (Å²) in [6.45, 7) is 6.09. The summed E-state index contributed by atoms with van der Waals surface area (Å²) in [6.07, 6.45) is 0.0634. The molecule has 4 nitrogen and oxygen atoms in total. The SMILES string of the molecule is Cc1nn(C)c(Cl)c1CC(O)COC(C)C. The van der Waals surface area contributed by atoms with E-state index in [4.69, 9.17) is 16.3 Å². The molecule has 5 heteroatoms. The number of ether oxygens (including phenoxy) is 1. The zero-order valence-corrected chi connectivity index (χ0v) is 11.0. The van der Waals surface area contributed by atoms with E-state index in [-0.39, 0.29) is 6.10 Å². The summed E-state index contributed by atoms with van der Waals surface area (Å²) in [4.78, 5) is 0. The largest absolute Gasteiger partial charge is 0.390 e. The molecule has 1 aromatic rings. The summed E-state index contributed by atoms with van der Waals surface area (Å²) in [6, 6.07) is 0. The van der Waals surface area contributed by atoms with Crippen molar-refractivity contribution in [3.63, 3.8) is 0 Å². The second-order valence-electron chi connectivity index (χ2n) is 4.22. The predicted molar refractivity (Wildman–Crippen MR) is 63.8 cm³/mol. The van der Waals surface area contributed by atoms with Gasteiger partial charge in [0.1, 0.15) is 5.15 Å². The van der Waals surface area contributed by atoms with Crippen LogP contribution in [0.5, 0.6) is 0 Å². The zero-order valence-electron chi connectivity index (χ0n) is 10.2. The first-order valence-corrected chi connectivity index (χ1v) is 5.77. The molecule has 1 aromatic heterocycles. The Morgan fingerprint density at radius 3 is 2.56 bits per heavy atom. The minimum Gasteiger partial charge on any atom is -0.390 e. The molecule has 0 aromatic carbocycles. The van der Waals surface area contributed by atoms with Crippen molar-refractivity contribution in [1.82, 2.24) is 9.78 Å². The third kappa shape index (κ3) is 3.47. The molecule has 0 aliphatic carbocycles. The number of rotatable bonds is 5. The van der Waals surface area contributed by atoms with Gasteiger partial charge in [0.15, 0.2) is 0 Å². The Bertz CT molecular complexity index is 350. The summed E-state index contributed by atoms with van der Waals surface area (Å²) < 4.78 is 6.96. The smallest absolute Gasteiger partial charge is 0.130 e. The molecule has 0 spiro atoms. The molecule has 0 fully saturated rings. The molecule has 0 saturated carbocycles. The van der Waals surface area contributed by atoms with Crippen LogP contribution < -0.4 is 0 Å². The minimum atomic E-state index is -0.539. The van der Waals surface area contributed by atoms with Gasteiger partial charge in [0.25, 0.3) is 0 Å². The number of aryl methyl sites for hydroxylation is 2. The number of nitrogens with zero attached hydrogens (tertiary/aromatic N) is 2. The number of aliphatic hydroxyl groups excluding tert-OH is 1. The van der Waals surface area contributed by atoms with E-state index in [0.717, 1.165) is 11.3 Å². The summed E-state index contributed by atoms with van der Waals surface area (Å²) >= 11 is 6.07. The normalized spacial score (nSPS) is 13.4. The monoisotopic (exact) mass is 246 g/mol. The van der Waals surface area contributed by atoms with E-state index in [9.17, 15) is 5.11 Å². The van der Waals surface area contributed by atoms with Crippen LogP contribution in [0.1, 0.15) is 25.1 Å². The molecule has 0 amide bonds. The van der Waals surface area contributed by atoms with Crippen LogP contribution in [0.3, 0.4) is 0 Å². The fourth-order valence-electron chi connectivity index (χ4n) is 1.50. The zero-order chi connectivity index (χ0) is 12.3. The first-order chi connectivity index (χ1) is 7.41. The fraction of sp³-hybridized carbons (Fsp3) is 0.727. The second-order valence-corrected chi connectivity index (χ2v) is 4.58. The number of hydrogen-bond donors (Lipinski definition) is 1. The maximum atomic E-state index is 9.79. The maximum Gasteiger partial charge on any atom is 0.130 e. The minimum absolute atomic E-state index is 0.125. The van der Waals surface area contributed by atoms with Crippen LogP contribution in [0.2, 0.25) is 5.15 Å². The van der Waals surface area contributed by atoms with Crippen molar-refractivity contribution in [2.24, 2.45) is 7.05 Å². The Kier molecular flexibility index (Phi) is 4.77. The van der Waals surface area contributed by atoms with Gasteiger partial charge in [0.2, 0.25) is 0 Å². The second kappa shape index (κ2) is 5.66. The summed E-state index contributed by atoms with van der Waals surface area (Å²) in [7, 11) is 1.79. The summed E-state index contributed by atoms with van der Waals surface area (Å²) in [5.74, 6) is 0. The highest BCUT2D eigenvalue weighted by atomic mass is 35.5. The molecule has 16 heavy (non-hydrogen) atoms. The Hall–Kier alpha value is -0.580. The van der Waals surface area contributed by atoms with Crippen molar-refractivity contribution in [2.75, 3.05) is 6.61 Å². The van der Waals surface area contributed by atoms with Gasteiger partial charge in [-0.05, 0) is 20.8 Å². The van der Waals surface area contributed by atoms with E-state index in [0.29, 0.717) is 18.2 Å². The van der Waals surface area contributed by atoms with E-state index in [1.165, 1.54) is 0 Å². The lowest BCUT2D eigenvalue weighted by Gasteiger charge is -2.13. The van der Waals surface area contributed by atoms with Gasteiger partial charge in [-0.25, -0.2) is 0 Å². The number of aromatic nitrogens is 2. The van der Waals surface area contributed by atoms with Gasteiger partial charge in [-0.1, -0.05) is 11.6 Å². The molecule has 1 heterocycles. The molecule has 92 valence electrons. The molecule has 1 unspecified atom stereocenters. The fourth-order valence-corrected chi connectivity index (χ4v) is 1.76. The molecule has 0 aliphatic rings. The van der Waals surface area contributed by atoms with Crippen LogP contribution in [-0.4, -0.2) is 33.7 Å². The van der Waals surface area contributed by atoms with E-state index in [2.05, 4.69) is 5.10 Å². The first kappa shape index (κ1) is 13.5. The van der Waals surface area contributed by atoms with E-state index >= 15 is 0 Å². The molecular weight excluding hydrogens is 228 g/mol. The van der Waals surface area contributed by atoms with Gasteiger partial charge >= 0.3 is 0 Å². The Labute approximate surface area is 101 Å². The van der Waals surface area contributed by atoms with Gasteiger partial charge in [-0.3, -0.25) is 4.68 Å². The highest BCUT2D eigenvalue weighted by molar-refractivity contribution is 6.30. The van der Waals surface area contributed by atoms with Crippen molar-refractivity contribution in [3.8, 4) is 0 Å². The van der Waals surface area contributed by atoms with Crippen LogP contribution in [0, 0.1) is 6.92 Å². The average molecular weight is 247 g/mol. The van der Waals surface area contributed by atoms with E-state index < -0.39 is 6.10 Å². The molecule has 1 rings (SSSR count). The van der Waals surface area contributed by atoms with Crippen molar-refractivity contribution in [1.29, 1.82) is 0 Å². The van der Waals surface area contributed by atoms with Crippen molar-refractivity contribution in [3.05, 3.63) is 16.4 Å². The Balaban J connectivity index is 2.59. The maximum absolute atomic E-state index is 9.79. The topological polar surface area (TPSA) is 47.3 Å². The molecule has 0 radical (unpaired) electrons. The van der Waals surface area contributed by atoms with Crippen molar-refractivity contribution >= 4 is 11.6 Å². The van der Waals surface area contributed by atoms with Gasteiger partial charge < -0.3 is 9.84 Å². The Morgan fingerprint density at radius 1 is 1.50 bits per heavy atom. The summed E-state index contributed by atoms with van der Waals surface area (Å²) in [5, 5.41) is 14.6. The molecule has 0 bridgehead atoms. The van der Waals surface area contributed by atoms with Gasteiger partial charge in [0.05, 0.1) is 24.5 Å². The van der Waals surface area contributed by atoms with Crippen molar-refractivity contribution < 1.29 is 9.84 Å². The van der Waals surface area contributed by atoms with Crippen LogP contribution in [-0.2, 0) is 18.2 Å². The van der Waals surface area contributed by atoms with Crippen molar-refractivity contribution in [2.45, 2.75) is 39.4 Å². The van der Waals surface area contributed by atoms with Crippen LogP contribution in [0.4, 0.5) is 0 Å². The van der Waals surface area contributed by atoms with E-state index in [1.807, 2.05) is 20.8 Å². The Morgan fingerprint density at radius 2 is 2.12 bits per heavy atom. The third-order valence-electron chi connectivity index (χ3n) is 2.33. The lowest BCUT2D eigenvalue weighted by molar-refractivity contribution is 0.00617. The number of halogens is 1. The first-order valence-electron chi connectivity index (χ1n) is 5.39. The molecule has 0 aliphatic heterocycles. The summed E-state index contributed by atoms with van der Waals surface area (Å²) in [5.41, 5.74) is 1.75. The van der Waals surface area contributed by atoms with Gasteiger partial charge in [0, 0.05) is 19.0 Å². The average Bonchev–Trinajstić information content (AvgIpc) is 2.42. The predicted octanol–water partition coefficient (Wildman–Crippen LogP) is 1.71. The van der Waals surface area contributed by atoms with Gasteiger partial charge in [-0.2, -0.15) is 5.10 Å². The van der Waals surface area contributed by atoms with Crippen LogP contribution in [0.25, 0.3) is 0 Å². The number of aliphatic hydroxyl groups is 1. The van der Waals surface area contributed by atoms with Crippen LogP contribution in [0.15, 0.2) is 0 Å². The molecule has 1 atom stereocenters. The lowest BCUT2D eigenvalue weighted by Crippen LogP contribution is -2.21. The lowest BCUT2D eigenvalue weighted by atomic mass is 10.1. The standard InChI is InChI=1S/C11H19ClN2O2/c1-7(2)16-6-9(15)5-10-8(3)13-14(4)11(10)12/h7,9,15H,5-6H2,1-4H3. The third-order valence-corrected chi connectivity index (χ3v) is 2.80. The quantitative estimate of drug-likeness (QED) is 0.861. The van der Waals surface area contributed by atoms with E-state index in [1.54, 1.807) is 11.7 Å². The molecule has 0 saturated heterocycles. The molecule has 1 N–H and O–H groups in total. The highest BCUT2D eigenvalue weighted by Gasteiger charge is 2.15. The van der Waals surface area contributed by atoms with Gasteiger partial charge in [-0.15, -0.1) is 0 Å². The highest BCUT2D eigenvalue weighted by Crippen LogP contribution is 2.20. The van der Waals surface area contributed by atoms with Crippen LogP contribution >= 0.6 is 11.6 Å².